The van der Waals surface area contributed by atoms with Crippen molar-refractivity contribution in [3.8, 4) is 11.9 Å². The van der Waals surface area contributed by atoms with Crippen LogP contribution in [0.4, 0.5) is 5.95 Å². The number of hydrogen-bond donors (Lipinski definition) is 4. The first-order valence-corrected chi connectivity index (χ1v) is 31.4. The van der Waals surface area contributed by atoms with Gasteiger partial charge >= 0.3 is 30.6 Å². The predicted octanol–water partition coefficient (Wildman–Crippen LogP) is 7.79. The van der Waals surface area contributed by atoms with Gasteiger partial charge in [0, 0.05) is 36.7 Å². The molecule has 0 radical (unpaired) electrons. The number of nitrogens with one attached hydrogen (secondary N) is 2. The van der Waals surface area contributed by atoms with Crippen molar-refractivity contribution < 1.29 is 54.8 Å². The molecule has 26 heteroatoms. The zero-order valence-electron chi connectivity index (χ0n) is 38.9. The summed E-state index contributed by atoms with van der Waals surface area (Å²) < 4.78 is 75.7. The van der Waals surface area contributed by atoms with Gasteiger partial charge in [-0.25, -0.2) is 14.5 Å². The third-order valence-corrected chi connectivity index (χ3v) is 25.8. The van der Waals surface area contributed by atoms with E-state index in [4.69, 9.17) is 52.4 Å². The van der Waals surface area contributed by atoms with Crippen LogP contribution in [-0.2, 0) is 57.1 Å². The first kappa shape index (κ1) is 52.9. The normalized spacial score (nSPS) is 28.9. The molecule has 1 aliphatic carbocycles. The zero-order valence-corrected chi connectivity index (χ0v) is 44.4. The largest absolute Gasteiger partial charge is 0.474 e. The maximum absolute atomic E-state index is 14.4. The van der Waals surface area contributed by atoms with Gasteiger partial charge in [-0.2, -0.15) is 10.2 Å². The van der Waals surface area contributed by atoms with Crippen molar-refractivity contribution in [2.45, 2.75) is 147 Å². The summed E-state index contributed by atoms with van der Waals surface area (Å²) in [5.41, 5.74) is -1.41. The number of ether oxygens (including phenoxy) is 2. The summed E-state index contributed by atoms with van der Waals surface area (Å²) in [5.74, 6) is -1.05. The monoisotopic (exact) mass is 1030 g/mol. The molecule has 2 saturated heterocycles. The Hall–Kier alpha value is -2.44. The lowest BCUT2D eigenvalue weighted by Gasteiger charge is -2.47. The Bertz CT molecular complexity index is 2340. The summed E-state index contributed by atoms with van der Waals surface area (Å²) in [5, 5.41) is 12.4. The SMILES string of the molecule is CC(C)C(=O)Nc1nc2c(ccn2[C@@H]2O[C@@H]3CO[P@](=O)(S)O[C@H]4C[C@H](Oc5ccncn5)C[C@@H]4CO[P@@](=S)(OCCC#N)O[C@@H]2[C@@H]3O[Si](O[Si](O)(C(C)C)C(C)C)(C(C)C)C(C)C)c(=O)[nH]1. The summed E-state index contributed by atoms with van der Waals surface area (Å²) in [7, 11) is -7.19. The Morgan fingerprint density at radius 3 is 2.39 bits per heavy atom. The lowest BCUT2D eigenvalue weighted by atomic mass is 10.1. The van der Waals surface area contributed by atoms with Crippen LogP contribution in [0.25, 0.3) is 11.0 Å². The summed E-state index contributed by atoms with van der Waals surface area (Å²) >= 11 is 10.7. The van der Waals surface area contributed by atoms with E-state index < -0.39 is 91.4 Å². The van der Waals surface area contributed by atoms with Crippen LogP contribution < -0.4 is 15.6 Å². The smallest absolute Gasteiger partial charge is 0.386 e. The molecule has 2 bridgehead atoms. The molecule has 0 aromatic carbocycles. The van der Waals surface area contributed by atoms with Crippen LogP contribution in [0.1, 0.15) is 94.7 Å². The van der Waals surface area contributed by atoms with E-state index in [9.17, 15) is 24.2 Å². The lowest BCUT2D eigenvalue weighted by Crippen LogP contribution is -2.62. The fourth-order valence-corrected chi connectivity index (χ4v) is 22.0. The second-order valence-electron chi connectivity index (χ2n) is 18.3. The number of nitriles is 1. The fourth-order valence-electron chi connectivity index (χ4n) is 8.42. The van der Waals surface area contributed by atoms with E-state index in [0.717, 1.165) is 0 Å². The summed E-state index contributed by atoms with van der Waals surface area (Å²) in [6, 6.07) is 5.24. The summed E-state index contributed by atoms with van der Waals surface area (Å²) in [6.45, 7) is 10.2. The minimum Gasteiger partial charge on any atom is -0.474 e. The maximum atomic E-state index is 14.4. The predicted molar refractivity (Wildman–Crippen MR) is 256 cm³/mol. The third kappa shape index (κ3) is 11.9. The van der Waals surface area contributed by atoms with Gasteiger partial charge in [-0.15, -0.1) is 0 Å². The highest BCUT2D eigenvalue weighted by molar-refractivity contribution is 8.44. The molecule has 3 fully saturated rings. The highest BCUT2D eigenvalue weighted by Crippen LogP contribution is 2.60. The molecule has 366 valence electrons. The van der Waals surface area contributed by atoms with Gasteiger partial charge in [0.15, 0.2) is 11.9 Å². The average molecular weight is 1030 g/mol. The topological polar surface area (TPSA) is 250 Å². The Kier molecular flexibility index (Phi) is 17.4. The van der Waals surface area contributed by atoms with Crippen LogP contribution >= 0.6 is 25.8 Å². The van der Waals surface area contributed by atoms with Crippen molar-refractivity contribution in [3.63, 3.8) is 0 Å². The first-order valence-electron chi connectivity index (χ1n) is 22.2. The van der Waals surface area contributed by atoms with E-state index in [-0.39, 0.29) is 71.1 Å². The highest BCUT2D eigenvalue weighted by Gasteiger charge is 2.60. The molecule has 3 N–H and O–H groups in total. The van der Waals surface area contributed by atoms with Crippen LogP contribution in [0.2, 0.25) is 22.2 Å². The third-order valence-electron chi connectivity index (χ3n) is 12.1. The number of H-pyrrole nitrogens is 1. The number of anilines is 1. The molecule has 9 atom stereocenters. The number of aromatic nitrogens is 5. The molecule has 66 heavy (non-hydrogen) atoms. The van der Waals surface area contributed by atoms with Crippen LogP contribution in [-0.4, -0.2) is 103 Å². The van der Waals surface area contributed by atoms with Crippen LogP contribution in [0.5, 0.6) is 5.88 Å². The molecular weight excluding hydrogens is 969 g/mol. The lowest BCUT2D eigenvalue weighted by molar-refractivity contribution is -0.118. The maximum Gasteiger partial charge on any atom is 0.386 e. The van der Waals surface area contributed by atoms with E-state index in [1.807, 2.05) is 55.4 Å². The number of aromatic amines is 1. The molecule has 5 heterocycles. The Labute approximate surface area is 397 Å². The summed E-state index contributed by atoms with van der Waals surface area (Å²) in [4.78, 5) is 54.2. The van der Waals surface area contributed by atoms with E-state index in [0.29, 0.717) is 12.3 Å². The van der Waals surface area contributed by atoms with Crippen molar-refractivity contribution in [1.82, 2.24) is 24.5 Å². The van der Waals surface area contributed by atoms with Gasteiger partial charge in [0.1, 0.15) is 30.7 Å². The quantitative estimate of drug-likeness (QED) is 0.0462. The number of fused-ring (bicyclic) bond motifs is 4. The standard InChI is InChI=1S/C40H63N7O13P2S2Si2/c1-23(2)37(48)45-40-44-36-30(38(49)46-40)13-16-47(36)39-35-34(59-66(26(7)8,27(9)10)60-65(51,24(3)4)25(5)6)32(56-39)21-53-61(50,63)57-31-19-29(55-33-12-15-42-22-43-33)18-28(31)20-54-62(64,58-35)52-17-11-14-41/h12-13,15-16,22-29,31-32,34-35,39,51H,11,17-21H2,1-10H3,(H,50,63)(H2,44,45,46,48,49)/t28-,29-,31+,32-,34-,35-,39-,61+,62+/m1/s1. The molecule has 1 amide bonds. The Morgan fingerprint density at radius 1 is 1.06 bits per heavy atom. The fraction of sp³-hybridized carbons (Fsp3) is 0.700. The van der Waals surface area contributed by atoms with Crippen molar-refractivity contribution in [2.75, 3.05) is 25.1 Å². The molecule has 1 saturated carbocycles. The van der Waals surface area contributed by atoms with Gasteiger partial charge in [0.2, 0.25) is 17.7 Å². The Morgan fingerprint density at radius 2 is 1.77 bits per heavy atom. The molecular formula is C40H63N7O13P2S2Si2. The number of rotatable bonds is 16. The number of thiol groups is 1. The van der Waals surface area contributed by atoms with Gasteiger partial charge in [-0.05, 0) is 46.5 Å². The van der Waals surface area contributed by atoms with E-state index in [2.05, 4.69) is 43.6 Å². The molecule has 2 aliphatic heterocycles. The zero-order chi connectivity index (χ0) is 48.4. The van der Waals surface area contributed by atoms with E-state index in [1.165, 1.54) is 6.33 Å². The molecule has 0 unspecified atom stereocenters. The first-order chi connectivity index (χ1) is 31.0. The second-order valence-corrected chi connectivity index (χ2v) is 32.8. The number of hydrogen-bond acceptors (Lipinski definition) is 18. The van der Waals surface area contributed by atoms with Gasteiger partial charge in [-0.3, -0.25) is 33.5 Å². The van der Waals surface area contributed by atoms with Crippen molar-refractivity contribution in [2.24, 2.45) is 11.8 Å². The average Bonchev–Trinajstić information content (AvgIpc) is 3.93. The van der Waals surface area contributed by atoms with Gasteiger partial charge in [0.25, 0.3) is 5.56 Å². The number of nitrogens with zero attached hydrogens (tertiary/aromatic N) is 5. The molecule has 0 spiro atoms. The molecule has 6 rings (SSSR count). The van der Waals surface area contributed by atoms with Gasteiger partial charge in [-0.1, -0.05) is 81.5 Å². The molecule has 3 aromatic heterocycles. The van der Waals surface area contributed by atoms with Crippen molar-refractivity contribution in [1.29, 1.82) is 5.26 Å². The second kappa shape index (κ2) is 21.7. The molecule has 20 nitrogen and oxygen atoms in total. The Balaban J connectivity index is 1.51. The van der Waals surface area contributed by atoms with E-state index in [1.54, 1.807) is 42.9 Å². The number of amides is 1. The minimum absolute atomic E-state index is 0.0447. The molecule has 3 aliphatic rings. The minimum atomic E-state index is -4.21. The highest BCUT2D eigenvalue weighted by atomic mass is 32.7. The van der Waals surface area contributed by atoms with Crippen LogP contribution in [0, 0.1) is 23.2 Å². The summed E-state index contributed by atoms with van der Waals surface area (Å²) in [6.07, 6.45) is -0.945. The van der Waals surface area contributed by atoms with E-state index >= 15 is 0 Å². The van der Waals surface area contributed by atoms with Crippen molar-refractivity contribution >= 4 is 77.6 Å². The van der Waals surface area contributed by atoms with Gasteiger partial charge < -0.3 is 36.4 Å². The number of carbonyl (C=O) groups excluding carboxylic acids is 1. The van der Waals surface area contributed by atoms with Crippen LogP contribution in [0.15, 0.2) is 35.6 Å². The molecule has 3 aromatic rings. The number of carbonyl (C=O) groups is 1. The van der Waals surface area contributed by atoms with Gasteiger partial charge in [0.05, 0.1) is 43.8 Å². The van der Waals surface area contributed by atoms with Crippen molar-refractivity contribution in [3.05, 3.63) is 41.2 Å². The van der Waals surface area contributed by atoms with Crippen LogP contribution in [0.3, 0.4) is 0 Å².